The smallest absolute Gasteiger partial charge is 0.407 e. The number of ether oxygens (including phenoxy) is 1. The Labute approximate surface area is 241 Å². The number of carbonyl (C=O) groups is 4. The SMILES string of the molecule is COc1c(Nc2cc(NC(=O)C3CC3)nnc2C(=O)NC(O)(O)O)cccc1-c1nc(CNC(=O)CN(C)C(=O)O)no1. The summed E-state index contributed by atoms with van der Waals surface area (Å²) in [7, 11) is 2.58. The van der Waals surface area contributed by atoms with E-state index in [-0.39, 0.29) is 53.0 Å². The molecule has 0 radical (unpaired) electrons. The van der Waals surface area contributed by atoms with E-state index in [9.17, 15) is 34.5 Å². The standard InChI is InChI=1S/C24H27N9O10/c1-33(23(37)38)10-17(34)25-9-16-28-22(43-32-16)12-4-3-5-13(19(12)42-2)26-14-8-15(27-20(35)11-6-7-11)30-31-18(14)21(36)29-24(39,40)41/h3-5,8,11,39-41H,6-7,9-10H2,1-2H3,(H,25,34)(H,29,36)(H,37,38)(H2,26,27,30,35). The number of anilines is 3. The molecule has 19 nitrogen and oxygen atoms in total. The van der Waals surface area contributed by atoms with Gasteiger partial charge in [0.2, 0.25) is 11.8 Å². The lowest BCUT2D eigenvalue weighted by Gasteiger charge is -2.18. The normalized spacial score (nSPS) is 12.7. The summed E-state index contributed by atoms with van der Waals surface area (Å²) >= 11 is 0. The van der Waals surface area contributed by atoms with Gasteiger partial charge in [0, 0.05) is 19.0 Å². The van der Waals surface area contributed by atoms with Crippen molar-refractivity contribution in [2.24, 2.45) is 5.92 Å². The van der Waals surface area contributed by atoms with Gasteiger partial charge >= 0.3 is 12.2 Å². The van der Waals surface area contributed by atoms with Gasteiger partial charge in [-0.05, 0) is 25.0 Å². The number of likely N-dealkylation sites (N-methyl/N-ethyl adjacent to an activating group) is 1. The summed E-state index contributed by atoms with van der Waals surface area (Å²) < 4.78 is 10.9. The van der Waals surface area contributed by atoms with E-state index in [4.69, 9.17) is 14.4 Å². The summed E-state index contributed by atoms with van der Waals surface area (Å²) in [4.78, 5) is 52.7. The maximum Gasteiger partial charge on any atom is 0.407 e. The van der Waals surface area contributed by atoms with Crippen molar-refractivity contribution in [1.29, 1.82) is 0 Å². The van der Waals surface area contributed by atoms with E-state index in [2.05, 4.69) is 36.3 Å². The first kappa shape index (κ1) is 30.6. The molecule has 8 N–H and O–H groups in total. The Morgan fingerprint density at radius 1 is 1.14 bits per heavy atom. The highest BCUT2D eigenvalue weighted by molar-refractivity contribution is 6.00. The number of para-hydroxylation sites is 1. The summed E-state index contributed by atoms with van der Waals surface area (Å²) in [5, 5.41) is 57.4. The average molecular weight is 602 g/mol. The Morgan fingerprint density at radius 2 is 1.88 bits per heavy atom. The summed E-state index contributed by atoms with van der Waals surface area (Å²) in [6.07, 6.45) is -3.36. The van der Waals surface area contributed by atoms with Gasteiger partial charge in [-0.25, -0.2) is 4.79 Å². The molecule has 43 heavy (non-hydrogen) atoms. The third-order valence-electron chi connectivity index (χ3n) is 5.83. The number of carboxylic acid groups (broad SMARTS) is 1. The first-order valence-corrected chi connectivity index (χ1v) is 12.5. The number of rotatable bonds is 12. The van der Waals surface area contributed by atoms with Crippen LogP contribution in [0.4, 0.5) is 22.0 Å². The van der Waals surface area contributed by atoms with E-state index >= 15 is 0 Å². The van der Waals surface area contributed by atoms with E-state index in [1.807, 2.05) is 0 Å². The van der Waals surface area contributed by atoms with Gasteiger partial charge in [-0.1, -0.05) is 11.2 Å². The van der Waals surface area contributed by atoms with E-state index in [0.717, 1.165) is 17.7 Å². The zero-order valence-corrected chi connectivity index (χ0v) is 22.7. The maximum absolute atomic E-state index is 12.6. The molecule has 1 fully saturated rings. The molecule has 1 saturated carbocycles. The molecule has 2 aromatic heterocycles. The number of nitrogens with zero attached hydrogens (tertiary/aromatic N) is 5. The molecule has 0 saturated heterocycles. The van der Waals surface area contributed by atoms with Crippen LogP contribution < -0.4 is 26.0 Å². The predicted molar refractivity (Wildman–Crippen MR) is 142 cm³/mol. The lowest BCUT2D eigenvalue weighted by atomic mass is 10.1. The van der Waals surface area contributed by atoms with Crippen LogP contribution in [-0.2, 0) is 16.1 Å². The fourth-order valence-electron chi connectivity index (χ4n) is 3.62. The van der Waals surface area contributed by atoms with Gasteiger partial charge in [-0.15, -0.1) is 10.2 Å². The fourth-order valence-corrected chi connectivity index (χ4v) is 3.62. The molecular formula is C24H27N9O10. The molecule has 0 atom stereocenters. The molecule has 228 valence electrons. The lowest BCUT2D eigenvalue weighted by molar-refractivity contribution is -0.323. The molecule has 1 aliphatic rings. The zero-order valence-electron chi connectivity index (χ0n) is 22.7. The number of carbonyl (C=O) groups excluding carboxylic acids is 3. The van der Waals surface area contributed by atoms with Gasteiger partial charge in [0.05, 0.1) is 30.6 Å². The van der Waals surface area contributed by atoms with Crippen molar-refractivity contribution in [2.75, 3.05) is 31.3 Å². The molecular weight excluding hydrogens is 574 g/mol. The van der Waals surface area contributed by atoms with Crippen LogP contribution in [0.25, 0.3) is 11.5 Å². The predicted octanol–water partition coefficient (Wildman–Crippen LogP) is -0.829. The summed E-state index contributed by atoms with van der Waals surface area (Å²) in [5.74, 6) is -2.04. The maximum atomic E-state index is 12.6. The van der Waals surface area contributed by atoms with Gasteiger partial charge in [0.1, 0.15) is 6.54 Å². The van der Waals surface area contributed by atoms with Crippen molar-refractivity contribution in [3.63, 3.8) is 0 Å². The topological polar surface area (TPSA) is 274 Å². The Balaban J connectivity index is 1.59. The van der Waals surface area contributed by atoms with Gasteiger partial charge < -0.3 is 50.5 Å². The molecule has 19 heteroatoms. The Morgan fingerprint density at radius 3 is 2.53 bits per heavy atom. The molecule has 1 aromatic carbocycles. The van der Waals surface area contributed by atoms with E-state index < -0.39 is 36.2 Å². The molecule has 4 rings (SSSR count). The molecule has 1 aliphatic carbocycles. The van der Waals surface area contributed by atoms with Crippen molar-refractivity contribution in [3.05, 3.63) is 35.8 Å². The van der Waals surface area contributed by atoms with Crippen LogP contribution in [0.1, 0.15) is 29.2 Å². The highest BCUT2D eigenvalue weighted by atomic mass is 16.7. The summed E-state index contributed by atoms with van der Waals surface area (Å²) in [6.45, 7) is -0.554. The minimum absolute atomic E-state index is 0.00697. The molecule has 3 aromatic rings. The zero-order chi connectivity index (χ0) is 31.3. The first-order chi connectivity index (χ1) is 20.3. The Bertz CT molecular complexity index is 1530. The van der Waals surface area contributed by atoms with E-state index in [0.29, 0.717) is 5.56 Å². The lowest BCUT2D eigenvalue weighted by Crippen LogP contribution is -2.48. The monoisotopic (exact) mass is 601 g/mol. The van der Waals surface area contributed by atoms with Crippen molar-refractivity contribution in [3.8, 4) is 17.2 Å². The number of nitrogens with one attached hydrogen (secondary N) is 4. The molecule has 2 heterocycles. The van der Waals surface area contributed by atoms with Crippen LogP contribution >= 0.6 is 0 Å². The number of hydrogen-bond donors (Lipinski definition) is 8. The van der Waals surface area contributed by atoms with Crippen LogP contribution in [0, 0.1) is 5.92 Å². The van der Waals surface area contributed by atoms with Crippen molar-refractivity contribution in [1.82, 2.24) is 35.9 Å². The number of aromatic nitrogens is 4. The molecule has 4 amide bonds. The van der Waals surface area contributed by atoms with Crippen molar-refractivity contribution in [2.45, 2.75) is 25.5 Å². The van der Waals surface area contributed by atoms with Gasteiger partial charge in [-0.2, -0.15) is 4.98 Å². The second kappa shape index (κ2) is 12.6. The molecule has 0 bridgehead atoms. The molecule has 0 unspecified atom stereocenters. The van der Waals surface area contributed by atoms with Crippen LogP contribution in [0.5, 0.6) is 5.75 Å². The molecule has 0 spiro atoms. The third kappa shape index (κ3) is 8.09. The highest BCUT2D eigenvalue weighted by Crippen LogP contribution is 2.38. The average Bonchev–Trinajstić information content (AvgIpc) is 3.68. The van der Waals surface area contributed by atoms with Gasteiger partial charge in [-0.3, -0.25) is 19.7 Å². The number of aliphatic hydroxyl groups is 3. The third-order valence-corrected chi connectivity index (χ3v) is 5.83. The second-order valence-corrected chi connectivity index (χ2v) is 9.29. The molecule has 0 aliphatic heterocycles. The summed E-state index contributed by atoms with van der Waals surface area (Å²) in [6, 6.07) is 5.99. The Kier molecular flexibility index (Phi) is 8.98. The van der Waals surface area contributed by atoms with Crippen LogP contribution in [0.2, 0.25) is 0 Å². The first-order valence-electron chi connectivity index (χ1n) is 12.5. The largest absolute Gasteiger partial charge is 0.494 e. The number of amides is 4. The fraction of sp³-hybridized carbons (Fsp3) is 0.333. The number of benzene rings is 1. The number of methoxy groups -OCH3 is 1. The van der Waals surface area contributed by atoms with Crippen molar-refractivity contribution < 1.29 is 48.9 Å². The van der Waals surface area contributed by atoms with Crippen LogP contribution in [0.15, 0.2) is 28.8 Å². The van der Waals surface area contributed by atoms with Crippen LogP contribution in [-0.4, -0.2) is 96.3 Å². The van der Waals surface area contributed by atoms with Crippen molar-refractivity contribution >= 4 is 41.0 Å². The Hall–Kier alpha value is -5.40. The van der Waals surface area contributed by atoms with Gasteiger partial charge in [0.15, 0.2) is 23.1 Å². The minimum atomic E-state index is -3.55. The van der Waals surface area contributed by atoms with Crippen LogP contribution in [0.3, 0.4) is 0 Å². The van der Waals surface area contributed by atoms with E-state index in [1.165, 1.54) is 25.5 Å². The minimum Gasteiger partial charge on any atom is -0.494 e. The van der Waals surface area contributed by atoms with E-state index in [1.54, 1.807) is 18.2 Å². The van der Waals surface area contributed by atoms with Gasteiger partial charge in [0.25, 0.3) is 11.8 Å². The highest BCUT2D eigenvalue weighted by Gasteiger charge is 2.31. The number of hydrogen-bond acceptors (Lipinski definition) is 14. The second-order valence-electron chi connectivity index (χ2n) is 9.29. The summed E-state index contributed by atoms with van der Waals surface area (Å²) in [5.41, 5.74) is -0.0330. The quantitative estimate of drug-likeness (QED) is 0.118.